The standard InChI is InChI=1S/C24H56N3O6P3/c1-7-13-19-28-35(29-20-14-8-2,30-21-15-9-3)25-34-26-36(27-35,31-22-16-10-4,32-23-17-11-5)33-24-18-12-6/h27H,7-24H2,1-6H3,(H,25,26). The summed E-state index contributed by atoms with van der Waals surface area (Å²) in [5, 5.41) is 0. The summed E-state index contributed by atoms with van der Waals surface area (Å²) >= 11 is 0. The molecule has 0 amide bonds. The molecule has 0 aromatic rings. The van der Waals surface area contributed by atoms with Gasteiger partial charge in [0, 0.05) is 0 Å². The van der Waals surface area contributed by atoms with E-state index in [0.29, 0.717) is 48.2 Å². The number of nitrogens with zero attached hydrogens (tertiary/aromatic N) is 1. The molecule has 0 radical (unpaired) electrons. The Balaban J connectivity index is 3.63. The predicted molar refractivity (Wildman–Crippen MR) is 155 cm³/mol. The zero-order valence-corrected chi connectivity index (χ0v) is 26.6. The van der Waals surface area contributed by atoms with E-state index in [2.05, 4.69) is 51.3 Å². The monoisotopic (exact) mass is 575 g/mol. The number of nitrogens with one attached hydrogen (secondary N) is 2. The Morgan fingerprint density at radius 1 is 0.500 bits per heavy atom. The van der Waals surface area contributed by atoms with Crippen LogP contribution >= 0.6 is 23.7 Å². The molecule has 36 heavy (non-hydrogen) atoms. The fourth-order valence-electron chi connectivity index (χ4n) is 3.30. The normalized spacial score (nSPS) is 22.3. The second-order valence-electron chi connectivity index (χ2n) is 9.24. The van der Waals surface area contributed by atoms with E-state index in [-0.39, 0.29) is 0 Å². The van der Waals surface area contributed by atoms with Gasteiger partial charge in [-0.25, -0.2) is 0 Å². The summed E-state index contributed by atoms with van der Waals surface area (Å²) in [6.07, 6.45) is 11.2. The minimum atomic E-state index is -4.26. The van der Waals surface area contributed by atoms with E-state index in [1.54, 1.807) is 0 Å². The molecule has 1 aliphatic rings. The topological polar surface area (TPSA) is 91.8 Å². The molecular weight excluding hydrogens is 519 g/mol. The molecule has 1 heterocycles. The maximum absolute atomic E-state index is 6.68. The van der Waals surface area contributed by atoms with Gasteiger partial charge < -0.3 is 0 Å². The van der Waals surface area contributed by atoms with Crippen LogP contribution in [0.25, 0.3) is 0 Å². The minimum absolute atomic E-state index is 0.462. The zero-order valence-electron chi connectivity index (χ0n) is 24.0. The molecule has 0 bridgehead atoms. The molecule has 0 atom stereocenters. The second kappa shape index (κ2) is 18.1. The number of unbranched alkanes of at least 4 members (excludes halogenated alkanes) is 6. The van der Waals surface area contributed by atoms with E-state index in [0.717, 1.165) is 77.0 Å². The van der Waals surface area contributed by atoms with E-state index in [1.165, 1.54) is 0 Å². The fraction of sp³-hybridized carbons (Fsp3) is 1.00. The van der Waals surface area contributed by atoms with Gasteiger partial charge in [0.1, 0.15) is 0 Å². The Morgan fingerprint density at radius 2 is 0.806 bits per heavy atom. The number of hydrogen-bond donors (Lipinski definition) is 2. The van der Waals surface area contributed by atoms with E-state index in [4.69, 9.17) is 31.7 Å². The van der Waals surface area contributed by atoms with Crippen LogP contribution in [-0.4, -0.2) is 39.6 Å². The third-order valence-electron chi connectivity index (χ3n) is 5.68. The molecule has 218 valence electrons. The number of rotatable bonds is 24. The summed E-state index contributed by atoms with van der Waals surface area (Å²) in [4.78, 5) is 7.03. The van der Waals surface area contributed by atoms with Crippen molar-refractivity contribution in [3.05, 3.63) is 0 Å². The van der Waals surface area contributed by atoms with Crippen molar-refractivity contribution < 1.29 is 27.1 Å². The molecule has 0 aromatic carbocycles. The molecule has 0 aromatic heterocycles. The van der Waals surface area contributed by atoms with Crippen LogP contribution in [0.15, 0.2) is 4.52 Å². The van der Waals surface area contributed by atoms with Crippen molar-refractivity contribution in [3.8, 4) is 0 Å². The first-order chi connectivity index (χ1) is 17.4. The molecule has 12 heteroatoms. The Kier molecular flexibility index (Phi) is 17.4. The second-order valence-corrected chi connectivity index (χ2v) is 16.8. The van der Waals surface area contributed by atoms with E-state index >= 15 is 0 Å². The van der Waals surface area contributed by atoms with E-state index in [9.17, 15) is 0 Å². The van der Waals surface area contributed by atoms with Crippen molar-refractivity contribution in [1.29, 1.82) is 0 Å². The molecule has 0 saturated heterocycles. The number of hydrogen-bond acceptors (Lipinski definition) is 9. The summed E-state index contributed by atoms with van der Waals surface area (Å²) in [5.74, 6) is 0. The third kappa shape index (κ3) is 10.7. The van der Waals surface area contributed by atoms with Crippen LogP contribution in [0.3, 0.4) is 0 Å². The van der Waals surface area contributed by atoms with Gasteiger partial charge in [-0.2, -0.15) is 0 Å². The Hall–Kier alpha value is 0.640. The van der Waals surface area contributed by atoms with Gasteiger partial charge in [0.05, 0.1) is 0 Å². The Bertz CT molecular complexity index is 559. The van der Waals surface area contributed by atoms with Crippen LogP contribution in [0.4, 0.5) is 0 Å². The molecule has 1 aliphatic heterocycles. The summed E-state index contributed by atoms with van der Waals surface area (Å²) in [6, 6.07) is 0. The van der Waals surface area contributed by atoms with Crippen LogP contribution in [0.1, 0.15) is 119 Å². The zero-order chi connectivity index (χ0) is 26.7. The SMILES string of the molecule is CCCCOP1(OCCCC)(OCCCC)N=PNP(OCCCC)(OCCCC)(OCCCC)N1. The first-order valence-electron chi connectivity index (χ1n) is 14.4. The van der Waals surface area contributed by atoms with Gasteiger partial charge in [-0.05, 0) is 0 Å². The average Bonchev–Trinajstić information content (AvgIpc) is 2.86. The van der Waals surface area contributed by atoms with E-state index in [1.807, 2.05) is 0 Å². The van der Waals surface area contributed by atoms with Crippen LogP contribution in [0, 0.1) is 0 Å². The first-order valence-corrected chi connectivity index (χ1v) is 19.1. The summed E-state index contributed by atoms with van der Waals surface area (Å²) in [5.41, 5.74) is 0. The summed E-state index contributed by atoms with van der Waals surface area (Å²) in [6.45, 7) is 15.7. The van der Waals surface area contributed by atoms with Gasteiger partial charge in [-0.1, -0.05) is 0 Å². The van der Waals surface area contributed by atoms with Crippen LogP contribution in [0.5, 0.6) is 0 Å². The van der Waals surface area contributed by atoms with Crippen molar-refractivity contribution in [3.63, 3.8) is 0 Å². The van der Waals surface area contributed by atoms with Gasteiger partial charge in [-0.15, -0.1) is 0 Å². The Morgan fingerprint density at radius 3 is 1.11 bits per heavy atom. The van der Waals surface area contributed by atoms with Crippen LogP contribution < -0.4 is 9.72 Å². The average molecular weight is 576 g/mol. The van der Waals surface area contributed by atoms with Gasteiger partial charge in [0.2, 0.25) is 0 Å². The van der Waals surface area contributed by atoms with E-state index < -0.39 is 15.2 Å². The van der Waals surface area contributed by atoms with Crippen LogP contribution in [0.2, 0.25) is 0 Å². The van der Waals surface area contributed by atoms with Gasteiger partial charge in [0.25, 0.3) is 0 Å². The van der Waals surface area contributed by atoms with Crippen molar-refractivity contribution in [2.45, 2.75) is 119 Å². The van der Waals surface area contributed by atoms with Crippen molar-refractivity contribution >= 4 is 23.7 Å². The fourth-order valence-corrected chi connectivity index (χ4v) is 14.3. The molecule has 0 saturated carbocycles. The molecule has 1 rings (SSSR count). The molecular formula is C24H56N3O6P3. The van der Waals surface area contributed by atoms with Gasteiger partial charge >= 0.3 is 223 Å². The van der Waals surface area contributed by atoms with Gasteiger partial charge in [0.15, 0.2) is 0 Å². The van der Waals surface area contributed by atoms with Gasteiger partial charge in [-0.3, -0.25) is 0 Å². The molecule has 0 aliphatic carbocycles. The summed E-state index contributed by atoms with van der Waals surface area (Å²) < 4.78 is 44.9. The quantitative estimate of drug-likeness (QED) is 0.0869. The summed E-state index contributed by atoms with van der Waals surface area (Å²) in [7, 11) is -7.91. The Labute approximate surface area is 223 Å². The third-order valence-corrected chi connectivity index (χ3v) is 15.6. The molecule has 0 unspecified atom stereocenters. The molecule has 0 fully saturated rings. The van der Waals surface area contributed by atoms with Crippen molar-refractivity contribution in [2.75, 3.05) is 39.6 Å². The van der Waals surface area contributed by atoms with Crippen LogP contribution in [-0.2, 0) is 27.1 Å². The molecule has 0 spiro atoms. The molecule has 9 nitrogen and oxygen atoms in total. The van der Waals surface area contributed by atoms with Crippen molar-refractivity contribution in [2.24, 2.45) is 4.52 Å². The molecule has 2 N–H and O–H groups in total. The first kappa shape index (κ1) is 34.7. The predicted octanol–water partition coefficient (Wildman–Crippen LogP) is 9.38. The van der Waals surface area contributed by atoms with Crippen molar-refractivity contribution in [1.82, 2.24) is 9.72 Å². The maximum atomic E-state index is 6.68.